The first-order valence-electron chi connectivity index (χ1n) is 9.83. The molecule has 0 aromatic carbocycles. The van der Waals surface area contributed by atoms with Crippen LogP contribution < -0.4 is 5.32 Å². The molecule has 0 rings (SSSR count). The van der Waals surface area contributed by atoms with E-state index in [1.165, 1.54) is 63.7 Å². The minimum absolute atomic E-state index is 0. The number of unbranched alkanes of at least 4 members (excludes halogenated alkanes) is 8. The second kappa shape index (κ2) is 18.2. The molecule has 0 aromatic rings. The van der Waals surface area contributed by atoms with Gasteiger partial charge in [0.1, 0.15) is 12.3 Å². The van der Waals surface area contributed by atoms with Gasteiger partial charge in [-0.3, -0.25) is 14.5 Å². The average molecular weight is 383 g/mol. The fourth-order valence-electron chi connectivity index (χ4n) is 2.85. The van der Waals surface area contributed by atoms with Gasteiger partial charge in [-0.2, -0.15) is 0 Å². The molecule has 0 aliphatic carbocycles. The van der Waals surface area contributed by atoms with Crippen LogP contribution in [0.5, 0.6) is 0 Å². The van der Waals surface area contributed by atoms with Crippen LogP contribution in [0, 0.1) is 0 Å². The van der Waals surface area contributed by atoms with Crippen LogP contribution in [0.3, 0.4) is 0 Å². The molecule has 0 aliphatic heterocycles. The summed E-state index contributed by atoms with van der Waals surface area (Å²) in [6.07, 6.45) is 10.6. The van der Waals surface area contributed by atoms with Crippen LogP contribution in [0.1, 0.15) is 85.0 Å². The Labute approximate surface area is 181 Å². The molecule has 0 fully saturated rings. The van der Waals surface area contributed by atoms with Crippen LogP contribution in [0.2, 0.25) is 0 Å². The van der Waals surface area contributed by atoms with Gasteiger partial charge in [0.05, 0.1) is 0 Å². The molecule has 0 saturated carbocycles. The van der Waals surface area contributed by atoms with E-state index < -0.39 is 18.2 Å². The van der Waals surface area contributed by atoms with Crippen molar-refractivity contribution in [2.75, 3.05) is 13.1 Å². The van der Waals surface area contributed by atoms with Crippen LogP contribution >= 0.6 is 0 Å². The number of aliphatic hydroxyl groups is 1. The zero-order chi connectivity index (χ0) is 19.1. The molecule has 0 spiro atoms. The van der Waals surface area contributed by atoms with Gasteiger partial charge in [-0.15, -0.1) is 0 Å². The van der Waals surface area contributed by atoms with Crippen molar-refractivity contribution in [3.63, 3.8) is 0 Å². The van der Waals surface area contributed by atoms with Gasteiger partial charge in [0.2, 0.25) is 5.91 Å². The maximum absolute atomic E-state index is 11.8. The zero-order valence-corrected chi connectivity index (χ0v) is 16.3. The quantitative estimate of drug-likeness (QED) is 0.217. The van der Waals surface area contributed by atoms with Crippen LogP contribution in [-0.4, -0.2) is 81.9 Å². The molecule has 2 unspecified atom stereocenters. The van der Waals surface area contributed by atoms with Gasteiger partial charge in [-0.1, -0.05) is 58.3 Å². The van der Waals surface area contributed by atoms with Crippen molar-refractivity contribution in [2.45, 2.75) is 97.2 Å². The number of nitrogens with zero attached hydrogens (tertiary/aromatic N) is 1. The van der Waals surface area contributed by atoms with Gasteiger partial charge in [-0.25, -0.2) is 0 Å². The molecule has 2 atom stereocenters. The Hall–Kier alpha value is -0.140. The topological polar surface area (TPSA) is 89.9 Å². The van der Waals surface area contributed by atoms with Gasteiger partial charge in [-0.05, 0) is 20.3 Å². The predicted octanol–water partition coefficient (Wildman–Crippen LogP) is 2.49. The van der Waals surface area contributed by atoms with E-state index in [0.717, 1.165) is 12.8 Å². The van der Waals surface area contributed by atoms with Crippen molar-refractivity contribution < 1.29 is 19.8 Å². The first-order chi connectivity index (χ1) is 11.9. The van der Waals surface area contributed by atoms with Crippen molar-refractivity contribution in [1.82, 2.24) is 10.2 Å². The molecule has 0 saturated heterocycles. The monoisotopic (exact) mass is 382 g/mol. The Kier molecular flexibility index (Phi) is 19.7. The third-order valence-electron chi connectivity index (χ3n) is 4.53. The molecule has 26 heavy (non-hydrogen) atoms. The first-order valence-corrected chi connectivity index (χ1v) is 9.83. The molecule has 1 amide bonds. The predicted molar refractivity (Wildman–Crippen MR) is 107 cm³/mol. The van der Waals surface area contributed by atoms with E-state index in [4.69, 9.17) is 5.11 Å². The molecule has 0 heterocycles. The van der Waals surface area contributed by atoms with Crippen molar-refractivity contribution in [1.29, 1.82) is 0 Å². The number of rotatable bonds is 16. The molecule has 6 nitrogen and oxygen atoms in total. The van der Waals surface area contributed by atoms with Crippen LogP contribution in [0.25, 0.3) is 0 Å². The summed E-state index contributed by atoms with van der Waals surface area (Å²) in [4.78, 5) is 24.2. The summed E-state index contributed by atoms with van der Waals surface area (Å²) in [5.41, 5.74) is 0. The van der Waals surface area contributed by atoms with Gasteiger partial charge in [0.15, 0.2) is 0 Å². The fraction of sp³-hybridized carbons (Fsp3) is 0.895. The molecule has 150 valence electrons. The second-order valence-electron chi connectivity index (χ2n) is 6.81. The summed E-state index contributed by atoms with van der Waals surface area (Å²) in [6.45, 7) is 5.94. The first kappa shape index (κ1) is 28.1. The molecular weight excluding hydrogens is 343 g/mol. The summed E-state index contributed by atoms with van der Waals surface area (Å²) in [6, 6.07) is -0.783. The third-order valence-corrected chi connectivity index (χ3v) is 4.53. The summed E-state index contributed by atoms with van der Waals surface area (Å²) < 4.78 is 0. The summed E-state index contributed by atoms with van der Waals surface area (Å²) >= 11 is 0. The Morgan fingerprint density at radius 2 is 1.46 bits per heavy atom. The molecule has 0 bridgehead atoms. The van der Waals surface area contributed by atoms with E-state index in [-0.39, 0.29) is 35.5 Å². The molecule has 7 heteroatoms. The molecule has 0 aromatic heterocycles. The number of amides is 1. The van der Waals surface area contributed by atoms with Crippen LogP contribution in [-0.2, 0) is 9.59 Å². The number of carbonyl (C=O) groups excluding carboxylic acids is 1. The van der Waals surface area contributed by atoms with Crippen LogP contribution in [0.15, 0.2) is 0 Å². The van der Waals surface area contributed by atoms with Crippen molar-refractivity contribution in [3.05, 3.63) is 0 Å². The standard InChI is InChI=1S/C19H38N2O4.Na.H/c1-4-5-6-7-8-9-10-11-12-13-18(23)20-14-15-21(17(3)22)16(2)19(24)25;;/h16-17,22H,4-15H2,1-3H3,(H,20,23)(H,24,25);;. The normalized spacial score (nSPS) is 13.1. The number of carboxylic acid groups (broad SMARTS) is 1. The van der Waals surface area contributed by atoms with Gasteiger partial charge >= 0.3 is 35.5 Å². The summed E-state index contributed by atoms with van der Waals surface area (Å²) in [5.74, 6) is -0.988. The van der Waals surface area contributed by atoms with E-state index in [9.17, 15) is 14.7 Å². The Bertz CT molecular complexity index is 367. The van der Waals surface area contributed by atoms with E-state index in [0.29, 0.717) is 19.5 Å². The van der Waals surface area contributed by atoms with Gasteiger partial charge < -0.3 is 15.5 Å². The Balaban J connectivity index is 0. The van der Waals surface area contributed by atoms with E-state index in [2.05, 4.69) is 12.2 Å². The fourth-order valence-corrected chi connectivity index (χ4v) is 2.85. The van der Waals surface area contributed by atoms with E-state index in [1.54, 1.807) is 0 Å². The van der Waals surface area contributed by atoms with Gasteiger partial charge in [0, 0.05) is 19.5 Å². The number of aliphatic hydroxyl groups excluding tert-OH is 1. The second-order valence-corrected chi connectivity index (χ2v) is 6.81. The van der Waals surface area contributed by atoms with E-state index in [1.807, 2.05) is 0 Å². The number of aliphatic carboxylic acids is 1. The van der Waals surface area contributed by atoms with Crippen molar-refractivity contribution in [2.24, 2.45) is 0 Å². The Morgan fingerprint density at radius 3 is 1.92 bits per heavy atom. The molecule has 3 N–H and O–H groups in total. The number of hydrogen-bond donors (Lipinski definition) is 3. The molecule has 0 radical (unpaired) electrons. The number of hydrogen-bond acceptors (Lipinski definition) is 4. The summed E-state index contributed by atoms with van der Waals surface area (Å²) in [5, 5.41) is 21.5. The van der Waals surface area contributed by atoms with Gasteiger partial charge in [0.25, 0.3) is 0 Å². The Morgan fingerprint density at radius 1 is 0.962 bits per heavy atom. The molecular formula is C19H39N2NaO4. The number of nitrogens with one attached hydrogen (secondary N) is 1. The molecule has 0 aliphatic rings. The average Bonchev–Trinajstić information content (AvgIpc) is 2.56. The number of carboxylic acids is 1. The van der Waals surface area contributed by atoms with Crippen LogP contribution in [0.4, 0.5) is 0 Å². The minimum atomic E-state index is -0.984. The SMILES string of the molecule is CCCCCCCCCCCC(=O)NCCN(C(C)O)C(C)C(=O)O.[NaH]. The van der Waals surface area contributed by atoms with E-state index >= 15 is 0 Å². The number of carbonyl (C=O) groups is 2. The van der Waals surface area contributed by atoms with Crippen molar-refractivity contribution in [3.8, 4) is 0 Å². The maximum atomic E-state index is 11.8. The van der Waals surface area contributed by atoms with Crippen molar-refractivity contribution >= 4 is 41.4 Å². The third kappa shape index (κ3) is 15.0. The summed E-state index contributed by atoms with van der Waals surface area (Å²) in [7, 11) is 0. The zero-order valence-electron chi connectivity index (χ0n) is 16.3.